The van der Waals surface area contributed by atoms with Crippen LogP contribution in [0.2, 0.25) is 5.02 Å². The lowest BCUT2D eigenvalue weighted by Gasteiger charge is -2.20. The highest BCUT2D eigenvalue weighted by molar-refractivity contribution is 6.31. The standard InChI is InChI=1S/C15H17ClFN3/c1-3-18-15-9-8-13(16)14(19-15)10-20(2)12-6-4-11(17)5-7-12/h4-9H,3,10H2,1-2H3,(H,18,19). The molecule has 0 saturated heterocycles. The molecule has 0 aliphatic heterocycles. The molecule has 1 N–H and O–H groups in total. The molecule has 1 heterocycles. The number of halogens is 2. The zero-order valence-electron chi connectivity index (χ0n) is 11.5. The van der Waals surface area contributed by atoms with E-state index in [4.69, 9.17) is 11.6 Å². The van der Waals surface area contributed by atoms with Gasteiger partial charge < -0.3 is 10.2 Å². The van der Waals surface area contributed by atoms with Crippen molar-refractivity contribution in [1.29, 1.82) is 0 Å². The summed E-state index contributed by atoms with van der Waals surface area (Å²) in [5, 5.41) is 3.78. The van der Waals surface area contributed by atoms with Crippen LogP contribution >= 0.6 is 11.6 Å². The van der Waals surface area contributed by atoms with Crippen molar-refractivity contribution in [3.63, 3.8) is 0 Å². The predicted molar refractivity (Wildman–Crippen MR) is 81.9 cm³/mol. The highest BCUT2D eigenvalue weighted by atomic mass is 35.5. The Kier molecular flexibility index (Phi) is 4.79. The Morgan fingerprint density at radius 3 is 2.55 bits per heavy atom. The molecule has 0 aliphatic carbocycles. The Hall–Kier alpha value is -1.81. The first kappa shape index (κ1) is 14.6. The summed E-state index contributed by atoms with van der Waals surface area (Å²) in [4.78, 5) is 6.46. The normalized spacial score (nSPS) is 10.4. The molecule has 2 rings (SSSR count). The van der Waals surface area contributed by atoms with Gasteiger partial charge in [-0.25, -0.2) is 9.37 Å². The fraction of sp³-hybridized carbons (Fsp3) is 0.267. The lowest BCUT2D eigenvalue weighted by Crippen LogP contribution is -2.18. The van der Waals surface area contributed by atoms with Gasteiger partial charge in [0.15, 0.2) is 0 Å². The van der Waals surface area contributed by atoms with E-state index >= 15 is 0 Å². The van der Waals surface area contributed by atoms with Crippen molar-refractivity contribution in [1.82, 2.24) is 4.98 Å². The first-order valence-electron chi connectivity index (χ1n) is 6.46. The number of nitrogens with zero attached hydrogens (tertiary/aromatic N) is 2. The van der Waals surface area contributed by atoms with Gasteiger partial charge >= 0.3 is 0 Å². The van der Waals surface area contributed by atoms with Gasteiger partial charge in [-0.1, -0.05) is 11.6 Å². The third kappa shape index (κ3) is 3.61. The van der Waals surface area contributed by atoms with Crippen molar-refractivity contribution in [3.05, 3.63) is 52.9 Å². The second-order valence-corrected chi connectivity index (χ2v) is 4.90. The molecule has 3 nitrogen and oxygen atoms in total. The molecule has 0 bridgehead atoms. The molecular formula is C15H17ClFN3. The van der Waals surface area contributed by atoms with Crippen molar-refractivity contribution >= 4 is 23.1 Å². The quantitative estimate of drug-likeness (QED) is 0.905. The number of hydrogen-bond acceptors (Lipinski definition) is 3. The Bertz CT molecular complexity index is 572. The van der Waals surface area contributed by atoms with Crippen LogP contribution in [0.25, 0.3) is 0 Å². The molecule has 0 radical (unpaired) electrons. The van der Waals surface area contributed by atoms with Crippen LogP contribution in [0.3, 0.4) is 0 Å². The molecule has 2 aromatic rings. The smallest absolute Gasteiger partial charge is 0.126 e. The van der Waals surface area contributed by atoms with Crippen molar-refractivity contribution in [2.24, 2.45) is 0 Å². The molecule has 0 spiro atoms. The van der Waals surface area contributed by atoms with E-state index in [9.17, 15) is 4.39 Å². The number of rotatable bonds is 5. The molecule has 5 heteroatoms. The number of benzene rings is 1. The fourth-order valence-electron chi connectivity index (χ4n) is 1.89. The Morgan fingerprint density at radius 2 is 1.90 bits per heavy atom. The van der Waals surface area contributed by atoms with Crippen LogP contribution in [0.1, 0.15) is 12.6 Å². The summed E-state index contributed by atoms with van der Waals surface area (Å²) in [6.07, 6.45) is 0. The topological polar surface area (TPSA) is 28.2 Å². The van der Waals surface area contributed by atoms with E-state index in [0.717, 1.165) is 23.7 Å². The monoisotopic (exact) mass is 293 g/mol. The maximum absolute atomic E-state index is 12.9. The van der Waals surface area contributed by atoms with Crippen molar-refractivity contribution in [2.45, 2.75) is 13.5 Å². The van der Waals surface area contributed by atoms with Crippen LogP contribution in [0.4, 0.5) is 15.9 Å². The second-order valence-electron chi connectivity index (χ2n) is 4.49. The minimum absolute atomic E-state index is 0.243. The largest absolute Gasteiger partial charge is 0.370 e. The summed E-state index contributed by atoms with van der Waals surface area (Å²) in [6, 6.07) is 10.0. The second kappa shape index (κ2) is 6.57. The van der Waals surface area contributed by atoms with Gasteiger partial charge in [-0.05, 0) is 43.3 Å². The molecule has 1 aromatic carbocycles. The molecule has 0 atom stereocenters. The highest BCUT2D eigenvalue weighted by Crippen LogP contribution is 2.21. The average molecular weight is 294 g/mol. The summed E-state index contributed by atoms with van der Waals surface area (Å²) in [7, 11) is 1.92. The van der Waals surface area contributed by atoms with Gasteiger partial charge in [0.25, 0.3) is 0 Å². The summed E-state index contributed by atoms with van der Waals surface area (Å²) in [5.74, 6) is 0.562. The van der Waals surface area contributed by atoms with Crippen LogP contribution in [0.15, 0.2) is 36.4 Å². The summed E-state index contributed by atoms with van der Waals surface area (Å²) in [6.45, 7) is 3.38. The van der Waals surface area contributed by atoms with E-state index in [1.165, 1.54) is 12.1 Å². The third-order valence-electron chi connectivity index (χ3n) is 2.93. The van der Waals surface area contributed by atoms with Crippen LogP contribution in [0, 0.1) is 5.82 Å². The molecule has 106 valence electrons. The lowest BCUT2D eigenvalue weighted by molar-refractivity contribution is 0.627. The summed E-state index contributed by atoms with van der Waals surface area (Å²) >= 11 is 6.18. The van der Waals surface area contributed by atoms with Crippen LogP contribution in [0.5, 0.6) is 0 Å². The number of anilines is 2. The molecule has 20 heavy (non-hydrogen) atoms. The number of pyridine rings is 1. The predicted octanol–water partition coefficient (Wildman–Crippen LogP) is 3.94. The van der Waals surface area contributed by atoms with E-state index in [2.05, 4.69) is 10.3 Å². The molecule has 0 unspecified atom stereocenters. The van der Waals surface area contributed by atoms with Crippen molar-refractivity contribution < 1.29 is 4.39 Å². The van der Waals surface area contributed by atoms with E-state index in [1.54, 1.807) is 12.1 Å². The van der Waals surface area contributed by atoms with Crippen LogP contribution in [-0.2, 0) is 6.54 Å². The van der Waals surface area contributed by atoms with Crippen LogP contribution < -0.4 is 10.2 Å². The Balaban J connectivity index is 2.16. The van der Waals surface area contributed by atoms with Gasteiger partial charge in [-0.3, -0.25) is 0 Å². The number of nitrogens with one attached hydrogen (secondary N) is 1. The van der Waals surface area contributed by atoms with Gasteiger partial charge in [0.2, 0.25) is 0 Å². The Morgan fingerprint density at radius 1 is 1.20 bits per heavy atom. The van der Waals surface area contributed by atoms with Crippen molar-refractivity contribution in [2.75, 3.05) is 23.8 Å². The minimum atomic E-state index is -0.243. The zero-order valence-corrected chi connectivity index (χ0v) is 12.3. The summed E-state index contributed by atoms with van der Waals surface area (Å²) in [5.41, 5.74) is 1.70. The van der Waals surface area contributed by atoms with E-state index in [0.29, 0.717) is 11.6 Å². The first-order chi connectivity index (χ1) is 9.60. The number of aromatic nitrogens is 1. The molecular weight excluding hydrogens is 277 g/mol. The maximum Gasteiger partial charge on any atom is 0.126 e. The van der Waals surface area contributed by atoms with Gasteiger partial charge in [-0.15, -0.1) is 0 Å². The molecule has 0 saturated carbocycles. The number of hydrogen-bond donors (Lipinski definition) is 1. The molecule has 0 aliphatic rings. The highest BCUT2D eigenvalue weighted by Gasteiger charge is 2.08. The molecule has 1 aromatic heterocycles. The van der Waals surface area contributed by atoms with Crippen LogP contribution in [-0.4, -0.2) is 18.6 Å². The van der Waals surface area contributed by atoms with Crippen molar-refractivity contribution in [3.8, 4) is 0 Å². The minimum Gasteiger partial charge on any atom is -0.370 e. The van der Waals surface area contributed by atoms with Gasteiger partial charge in [0.05, 0.1) is 17.3 Å². The Labute approximate surface area is 123 Å². The zero-order chi connectivity index (χ0) is 14.5. The lowest BCUT2D eigenvalue weighted by atomic mass is 10.2. The fourth-order valence-corrected chi connectivity index (χ4v) is 2.05. The summed E-state index contributed by atoms with van der Waals surface area (Å²) < 4.78 is 12.9. The van der Waals surface area contributed by atoms with Gasteiger partial charge in [0, 0.05) is 19.3 Å². The molecule has 0 fully saturated rings. The van der Waals surface area contributed by atoms with Gasteiger partial charge in [0.1, 0.15) is 11.6 Å². The average Bonchev–Trinajstić information content (AvgIpc) is 2.43. The van der Waals surface area contributed by atoms with E-state index in [1.807, 2.05) is 31.0 Å². The maximum atomic E-state index is 12.9. The van der Waals surface area contributed by atoms with E-state index in [-0.39, 0.29) is 5.82 Å². The first-order valence-corrected chi connectivity index (χ1v) is 6.84. The third-order valence-corrected chi connectivity index (χ3v) is 3.27. The molecule has 0 amide bonds. The SMILES string of the molecule is CCNc1ccc(Cl)c(CN(C)c2ccc(F)cc2)n1. The van der Waals surface area contributed by atoms with Gasteiger partial charge in [-0.2, -0.15) is 0 Å². The van der Waals surface area contributed by atoms with E-state index < -0.39 is 0 Å².